The zero-order chi connectivity index (χ0) is 20.5. The smallest absolute Gasteiger partial charge is 0.248 e. The lowest BCUT2D eigenvalue weighted by Crippen LogP contribution is -2.35. The van der Waals surface area contributed by atoms with Crippen LogP contribution in [-0.4, -0.2) is 48.6 Å². The molecular weight excluding hydrogens is 366 g/mol. The molecule has 0 saturated carbocycles. The molecule has 3 rings (SSSR count). The van der Waals surface area contributed by atoms with Crippen molar-refractivity contribution in [3.8, 4) is 11.6 Å². The third-order valence-electron chi connectivity index (χ3n) is 4.75. The number of likely N-dealkylation sites (tertiary alicyclic amines) is 1. The predicted octanol–water partition coefficient (Wildman–Crippen LogP) is 4.00. The molecule has 0 spiro atoms. The Morgan fingerprint density at radius 3 is 2.76 bits per heavy atom. The Morgan fingerprint density at radius 2 is 2.03 bits per heavy atom. The van der Waals surface area contributed by atoms with Gasteiger partial charge in [0.15, 0.2) is 0 Å². The number of hydrogen-bond acceptors (Lipinski definition) is 5. The first-order valence-corrected chi connectivity index (χ1v) is 10.2. The van der Waals surface area contributed by atoms with Gasteiger partial charge in [0.1, 0.15) is 11.9 Å². The average Bonchev–Trinajstić information content (AvgIpc) is 2.74. The number of aromatic nitrogens is 1. The van der Waals surface area contributed by atoms with E-state index in [9.17, 15) is 4.79 Å². The first-order valence-electron chi connectivity index (χ1n) is 10.2. The van der Waals surface area contributed by atoms with Gasteiger partial charge in [-0.2, -0.15) is 0 Å². The molecular formula is C23H29N3O3. The summed E-state index contributed by atoms with van der Waals surface area (Å²) in [5, 5.41) is 2.82. The molecule has 29 heavy (non-hydrogen) atoms. The summed E-state index contributed by atoms with van der Waals surface area (Å²) < 4.78 is 11.6. The van der Waals surface area contributed by atoms with Gasteiger partial charge >= 0.3 is 0 Å². The Morgan fingerprint density at radius 1 is 1.24 bits per heavy atom. The number of ether oxygens (including phenoxy) is 2. The molecule has 1 aromatic carbocycles. The summed E-state index contributed by atoms with van der Waals surface area (Å²) >= 11 is 0. The standard InChI is InChI=1S/C23H29N3O3/c1-3-16-28-21-7-5-4-6-18(21)8-10-22(27)25-19-9-11-23(24-17-19)29-20-12-14-26(2)15-13-20/h4-11,17,20H,3,12-16H2,1-2H3,(H,25,27)/b10-8+. The highest BCUT2D eigenvalue weighted by atomic mass is 16.5. The molecule has 6 nitrogen and oxygen atoms in total. The Kier molecular flexibility index (Phi) is 7.64. The van der Waals surface area contributed by atoms with E-state index in [0.29, 0.717) is 18.2 Å². The van der Waals surface area contributed by atoms with E-state index in [0.717, 1.165) is 43.7 Å². The van der Waals surface area contributed by atoms with E-state index in [4.69, 9.17) is 9.47 Å². The number of amides is 1. The fourth-order valence-corrected chi connectivity index (χ4v) is 3.11. The lowest BCUT2D eigenvalue weighted by molar-refractivity contribution is -0.111. The number of para-hydroxylation sites is 1. The highest BCUT2D eigenvalue weighted by Crippen LogP contribution is 2.20. The maximum absolute atomic E-state index is 12.2. The molecule has 1 saturated heterocycles. The van der Waals surface area contributed by atoms with Gasteiger partial charge in [-0.1, -0.05) is 25.1 Å². The number of piperidine rings is 1. The number of carbonyl (C=O) groups excluding carboxylic acids is 1. The molecule has 1 aliphatic heterocycles. The van der Waals surface area contributed by atoms with Gasteiger partial charge in [-0.15, -0.1) is 0 Å². The van der Waals surface area contributed by atoms with E-state index in [-0.39, 0.29) is 12.0 Å². The maximum atomic E-state index is 12.2. The third-order valence-corrected chi connectivity index (χ3v) is 4.75. The monoisotopic (exact) mass is 395 g/mol. The number of nitrogens with zero attached hydrogens (tertiary/aromatic N) is 2. The van der Waals surface area contributed by atoms with Gasteiger partial charge in [0.25, 0.3) is 0 Å². The van der Waals surface area contributed by atoms with Gasteiger partial charge < -0.3 is 19.7 Å². The van der Waals surface area contributed by atoms with Gasteiger partial charge in [-0.25, -0.2) is 4.98 Å². The summed E-state index contributed by atoms with van der Waals surface area (Å²) in [6.07, 6.45) is 8.02. The van der Waals surface area contributed by atoms with Crippen LogP contribution in [0.1, 0.15) is 31.7 Å². The molecule has 0 unspecified atom stereocenters. The van der Waals surface area contributed by atoms with Gasteiger partial charge in [0.05, 0.1) is 18.5 Å². The van der Waals surface area contributed by atoms with Crippen molar-refractivity contribution in [2.75, 3.05) is 32.1 Å². The molecule has 2 heterocycles. The Bertz CT molecular complexity index is 812. The van der Waals surface area contributed by atoms with E-state index in [1.54, 1.807) is 24.4 Å². The third kappa shape index (κ3) is 6.61. The van der Waals surface area contributed by atoms with Crippen LogP contribution in [0.15, 0.2) is 48.7 Å². The van der Waals surface area contributed by atoms with Crippen molar-refractivity contribution in [3.63, 3.8) is 0 Å². The quantitative estimate of drug-likeness (QED) is 0.685. The van der Waals surface area contributed by atoms with Gasteiger partial charge in [-0.05, 0) is 44.5 Å². The number of anilines is 1. The number of hydrogen-bond donors (Lipinski definition) is 1. The molecule has 154 valence electrons. The van der Waals surface area contributed by atoms with Crippen LogP contribution in [0.25, 0.3) is 6.08 Å². The molecule has 1 N–H and O–H groups in total. The number of pyridine rings is 1. The first-order chi connectivity index (χ1) is 14.1. The van der Waals surface area contributed by atoms with Crippen LogP contribution in [0.5, 0.6) is 11.6 Å². The van der Waals surface area contributed by atoms with Crippen molar-refractivity contribution in [2.24, 2.45) is 0 Å². The summed E-state index contributed by atoms with van der Waals surface area (Å²) in [5.74, 6) is 1.15. The van der Waals surface area contributed by atoms with Crippen molar-refractivity contribution >= 4 is 17.7 Å². The van der Waals surface area contributed by atoms with E-state index in [2.05, 4.69) is 29.2 Å². The van der Waals surface area contributed by atoms with Gasteiger partial charge in [0, 0.05) is 30.8 Å². The van der Waals surface area contributed by atoms with Crippen molar-refractivity contribution in [1.29, 1.82) is 0 Å². The summed E-state index contributed by atoms with van der Waals surface area (Å²) in [6, 6.07) is 11.3. The molecule has 1 aromatic heterocycles. The minimum absolute atomic E-state index is 0.206. The second-order valence-corrected chi connectivity index (χ2v) is 7.21. The second-order valence-electron chi connectivity index (χ2n) is 7.21. The van der Waals surface area contributed by atoms with Gasteiger partial charge in [-0.3, -0.25) is 4.79 Å². The van der Waals surface area contributed by atoms with Crippen LogP contribution in [0.2, 0.25) is 0 Å². The van der Waals surface area contributed by atoms with Crippen molar-refractivity contribution < 1.29 is 14.3 Å². The zero-order valence-corrected chi connectivity index (χ0v) is 17.1. The van der Waals surface area contributed by atoms with E-state index in [1.165, 1.54) is 6.08 Å². The van der Waals surface area contributed by atoms with E-state index < -0.39 is 0 Å². The van der Waals surface area contributed by atoms with Crippen LogP contribution in [0.4, 0.5) is 5.69 Å². The van der Waals surface area contributed by atoms with Crippen LogP contribution < -0.4 is 14.8 Å². The molecule has 0 aliphatic carbocycles. The van der Waals surface area contributed by atoms with Crippen molar-refractivity contribution in [3.05, 3.63) is 54.2 Å². The molecule has 0 bridgehead atoms. The Balaban J connectivity index is 1.52. The fourth-order valence-electron chi connectivity index (χ4n) is 3.11. The minimum atomic E-state index is -0.221. The number of nitrogens with one attached hydrogen (secondary N) is 1. The zero-order valence-electron chi connectivity index (χ0n) is 17.1. The fraction of sp³-hybridized carbons (Fsp3) is 0.391. The molecule has 1 aliphatic rings. The minimum Gasteiger partial charge on any atom is -0.493 e. The molecule has 2 aromatic rings. The molecule has 0 atom stereocenters. The van der Waals surface area contributed by atoms with Crippen LogP contribution in [-0.2, 0) is 4.79 Å². The second kappa shape index (κ2) is 10.6. The highest BCUT2D eigenvalue weighted by molar-refractivity contribution is 6.02. The topological polar surface area (TPSA) is 63.7 Å². The Labute approximate surface area is 172 Å². The number of carbonyl (C=O) groups is 1. The van der Waals surface area contributed by atoms with Crippen LogP contribution in [0.3, 0.4) is 0 Å². The largest absolute Gasteiger partial charge is 0.493 e. The van der Waals surface area contributed by atoms with E-state index >= 15 is 0 Å². The lowest BCUT2D eigenvalue weighted by Gasteiger charge is -2.28. The lowest BCUT2D eigenvalue weighted by atomic mass is 10.1. The van der Waals surface area contributed by atoms with Crippen molar-refractivity contribution in [1.82, 2.24) is 9.88 Å². The molecule has 1 amide bonds. The number of benzene rings is 1. The molecule has 1 fully saturated rings. The normalized spacial score (nSPS) is 15.4. The van der Waals surface area contributed by atoms with Crippen LogP contribution >= 0.6 is 0 Å². The summed E-state index contributed by atoms with van der Waals surface area (Å²) in [7, 11) is 2.12. The van der Waals surface area contributed by atoms with Gasteiger partial charge in [0.2, 0.25) is 11.8 Å². The van der Waals surface area contributed by atoms with Crippen molar-refractivity contribution in [2.45, 2.75) is 32.3 Å². The summed E-state index contributed by atoms with van der Waals surface area (Å²) in [4.78, 5) is 18.9. The van der Waals surface area contributed by atoms with Crippen LogP contribution in [0, 0.1) is 0 Å². The first kappa shape index (κ1) is 20.9. The number of rotatable bonds is 8. The maximum Gasteiger partial charge on any atom is 0.248 e. The predicted molar refractivity (Wildman–Crippen MR) is 115 cm³/mol. The average molecular weight is 396 g/mol. The Hall–Kier alpha value is -2.86. The molecule has 6 heteroatoms. The summed E-state index contributed by atoms with van der Waals surface area (Å²) in [6.45, 7) is 4.79. The summed E-state index contributed by atoms with van der Waals surface area (Å²) in [5.41, 5.74) is 1.50. The highest BCUT2D eigenvalue weighted by Gasteiger charge is 2.18. The van der Waals surface area contributed by atoms with E-state index in [1.807, 2.05) is 24.3 Å². The SMILES string of the molecule is CCCOc1ccccc1/C=C/C(=O)Nc1ccc(OC2CCN(C)CC2)nc1. The molecule has 0 radical (unpaired) electrons.